The Labute approximate surface area is 264 Å². The average molecular weight is 654 g/mol. The molecule has 4 aliphatic rings. The van der Waals surface area contributed by atoms with E-state index in [1.807, 2.05) is 19.1 Å². The molecule has 7 rings (SSSR count). The molecule has 3 N–H and O–H groups in total. The van der Waals surface area contributed by atoms with Crippen molar-refractivity contribution >= 4 is 52.5 Å². The maximum atomic E-state index is 13.4. The van der Waals surface area contributed by atoms with Crippen molar-refractivity contribution in [3.8, 4) is 11.5 Å². The van der Waals surface area contributed by atoms with Crippen LogP contribution in [0.4, 0.5) is 10.1 Å². The van der Waals surface area contributed by atoms with Gasteiger partial charge in [0.1, 0.15) is 12.4 Å². The van der Waals surface area contributed by atoms with E-state index in [1.165, 1.54) is 24.3 Å². The minimum absolute atomic E-state index is 0.0536. The quantitative estimate of drug-likeness (QED) is 0.294. The number of fused-ring (bicyclic) bond motifs is 9. The number of rotatable bonds is 9. The van der Waals surface area contributed by atoms with E-state index >= 15 is 0 Å². The summed E-state index contributed by atoms with van der Waals surface area (Å²) >= 11 is 2.67. The Morgan fingerprint density at radius 1 is 1.04 bits per heavy atom. The van der Waals surface area contributed by atoms with Crippen LogP contribution in [0.3, 0.4) is 0 Å². The minimum Gasteiger partial charge on any atom is -0.490 e. The van der Waals surface area contributed by atoms with Gasteiger partial charge in [-0.25, -0.2) is 4.39 Å². The molecule has 7 atom stereocenters. The molecule has 234 valence electrons. The van der Waals surface area contributed by atoms with Crippen molar-refractivity contribution in [2.24, 2.45) is 29.6 Å². The molecule has 2 aliphatic carbocycles. The van der Waals surface area contributed by atoms with Crippen molar-refractivity contribution in [1.29, 1.82) is 0 Å². The van der Waals surface area contributed by atoms with Crippen LogP contribution in [0.15, 0.2) is 52.3 Å². The number of hydrogen-bond donors (Lipinski definition) is 3. The van der Waals surface area contributed by atoms with Gasteiger partial charge in [0, 0.05) is 21.7 Å². The Morgan fingerprint density at radius 2 is 1.78 bits per heavy atom. The Hall–Kier alpha value is -4.17. The van der Waals surface area contributed by atoms with Gasteiger partial charge in [-0.15, -0.1) is 11.8 Å². The third-order valence-electron chi connectivity index (χ3n) is 9.22. The van der Waals surface area contributed by atoms with Crippen molar-refractivity contribution in [2.75, 3.05) is 25.1 Å². The van der Waals surface area contributed by atoms with E-state index in [9.17, 15) is 33.5 Å². The third-order valence-corrected chi connectivity index (χ3v) is 11.8. The number of aliphatic carboxylic acids is 1. The zero-order valence-corrected chi connectivity index (χ0v) is 25.5. The number of hydrogen-bond acceptors (Lipinski definition) is 9. The fraction of sp³-hybridized carbons (Fsp3) is 0.387. The number of carbonyl (C=O) groups is 4. The van der Waals surface area contributed by atoms with Crippen LogP contribution < -0.4 is 19.7 Å². The highest BCUT2D eigenvalue weighted by Gasteiger charge is 2.69. The van der Waals surface area contributed by atoms with Gasteiger partial charge in [-0.2, -0.15) is 0 Å². The van der Waals surface area contributed by atoms with Gasteiger partial charge in [-0.3, -0.25) is 28.9 Å². The summed E-state index contributed by atoms with van der Waals surface area (Å²) in [7, 11) is 0. The SMILES string of the molecule is CCOc1cc([C@H]2c3sc(=O)[nH]c3SC3C4CC(C5C(=O)N(CC(=O)O)C(=O)C45)C32)ccc1OCC(=O)Nc1ccc(F)cc1. The first-order valence-electron chi connectivity index (χ1n) is 14.6. The number of H-pyrrole nitrogens is 1. The maximum Gasteiger partial charge on any atom is 0.323 e. The predicted molar refractivity (Wildman–Crippen MR) is 161 cm³/mol. The standard InChI is InChI=1S/C31H28FN3O8S2/c1-2-42-19-9-13(3-8-18(19)43-12-20(36)33-15-6-4-14(32)5-7-15)22-23-16-10-17(26(23)44-28-27(22)45-31(41)34-28)25-24(16)29(39)35(30(25)40)11-21(37)38/h3-9,16-17,22-26H,2,10-12H2,1H3,(H,33,36)(H,34,41)(H,37,38)/t16?,17?,22-,23?,24?,25?,26?/m1/s1. The van der Waals surface area contributed by atoms with Gasteiger partial charge in [-0.05, 0) is 73.1 Å². The Morgan fingerprint density at radius 3 is 2.49 bits per heavy atom. The van der Waals surface area contributed by atoms with E-state index in [1.54, 1.807) is 17.8 Å². The molecule has 2 bridgehead atoms. The summed E-state index contributed by atoms with van der Waals surface area (Å²) in [4.78, 5) is 67.7. The van der Waals surface area contributed by atoms with E-state index in [-0.39, 0.29) is 40.4 Å². The highest BCUT2D eigenvalue weighted by molar-refractivity contribution is 8.00. The lowest BCUT2D eigenvalue weighted by Gasteiger charge is -2.43. The fourth-order valence-corrected chi connectivity index (χ4v) is 10.6. The molecule has 2 aliphatic heterocycles. The number of halogens is 1. The second-order valence-electron chi connectivity index (χ2n) is 11.6. The number of carboxylic acid groups (broad SMARTS) is 1. The first-order chi connectivity index (χ1) is 21.6. The molecule has 1 aromatic heterocycles. The molecule has 2 aromatic carbocycles. The average Bonchev–Trinajstić information content (AvgIpc) is 3.74. The van der Waals surface area contributed by atoms with Crippen molar-refractivity contribution in [3.05, 3.63) is 68.4 Å². The Balaban J connectivity index is 1.18. The number of ether oxygens (including phenoxy) is 2. The smallest absolute Gasteiger partial charge is 0.323 e. The highest BCUT2D eigenvalue weighted by Crippen LogP contribution is 2.68. The number of amides is 3. The van der Waals surface area contributed by atoms with Gasteiger partial charge >= 0.3 is 10.8 Å². The summed E-state index contributed by atoms with van der Waals surface area (Å²) in [6, 6.07) is 10.8. The number of anilines is 1. The van der Waals surface area contributed by atoms with Crippen LogP contribution in [-0.2, 0) is 19.2 Å². The molecule has 0 radical (unpaired) electrons. The lowest BCUT2D eigenvalue weighted by atomic mass is 9.68. The molecule has 6 unspecified atom stereocenters. The highest BCUT2D eigenvalue weighted by atomic mass is 32.2. The molecule has 0 spiro atoms. The number of benzene rings is 2. The van der Waals surface area contributed by atoms with Crippen LogP contribution in [0.25, 0.3) is 0 Å². The number of carboxylic acids is 1. The van der Waals surface area contributed by atoms with E-state index < -0.39 is 47.9 Å². The largest absolute Gasteiger partial charge is 0.490 e. The van der Waals surface area contributed by atoms with E-state index in [4.69, 9.17) is 9.47 Å². The van der Waals surface area contributed by atoms with Crippen molar-refractivity contribution in [2.45, 2.75) is 29.5 Å². The van der Waals surface area contributed by atoms with E-state index in [0.717, 1.165) is 31.7 Å². The van der Waals surface area contributed by atoms with Gasteiger partial charge in [0.2, 0.25) is 11.8 Å². The monoisotopic (exact) mass is 653 g/mol. The van der Waals surface area contributed by atoms with Gasteiger partial charge in [0.05, 0.1) is 23.5 Å². The van der Waals surface area contributed by atoms with Crippen LogP contribution >= 0.6 is 23.1 Å². The van der Waals surface area contributed by atoms with E-state index in [0.29, 0.717) is 30.2 Å². The first-order valence-corrected chi connectivity index (χ1v) is 16.3. The van der Waals surface area contributed by atoms with Crippen LogP contribution in [0.5, 0.6) is 11.5 Å². The zero-order valence-electron chi connectivity index (χ0n) is 23.9. The third kappa shape index (κ3) is 4.99. The van der Waals surface area contributed by atoms with Gasteiger partial charge in [0.25, 0.3) is 5.91 Å². The summed E-state index contributed by atoms with van der Waals surface area (Å²) < 4.78 is 24.9. The lowest BCUT2D eigenvalue weighted by Crippen LogP contribution is -2.42. The summed E-state index contributed by atoms with van der Waals surface area (Å²) in [6.45, 7) is 1.18. The maximum absolute atomic E-state index is 13.4. The summed E-state index contributed by atoms with van der Waals surface area (Å²) in [5, 5.41) is 12.7. The molecule has 3 heterocycles. The lowest BCUT2D eigenvalue weighted by molar-refractivity contribution is -0.149. The number of aromatic nitrogens is 1. The molecule has 2 saturated carbocycles. The normalized spacial score (nSPS) is 27.6. The van der Waals surface area contributed by atoms with Crippen LogP contribution in [0.1, 0.15) is 29.7 Å². The molecular formula is C31H28FN3O8S2. The van der Waals surface area contributed by atoms with Crippen molar-refractivity contribution in [3.63, 3.8) is 0 Å². The molecule has 3 amide bonds. The number of imide groups is 1. The van der Waals surface area contributed by atoms with Crippen LogP contribution in [0.2, 0.25) is 0 Å². The molecule has 1 saturated heterocycles. The van der Waals surface area contributed by atoms with Crippen LogP contribution in [0, 0.1) is 35.4 Å². The minimum atomic E-state index is -1.23. The Kier molecular flexibility index (Phi) is 7.43. The first kappa shape index (κ1) is 29.5. The van der Waals surface area contributed by atoms with Crippen molar-refractivity contribution in [1.82, 2.24) is 9.88 Å². The predicted octanol–water partition coefficient (Wildman–Crippen LogP) is 3.55. The van der Waals surface area contributed by atoms with Gasteiger partial charge < -0.3 is 24.9 Å². The summed E-state index contributed by atoms with van der Waals surface area (Å²) in [5.41, 5.74) is 1.27. The molecule has 11 nitrogen and oxygen atoms in total. The van der Waals surface area contributed by atoms with Gasteiger partial charge in [0.15, 0.2) is 18.1 Å². The van der Waals surface area contributed by atoms with Crippen LogP contribution in [-0.4, -0.2) is 63.7 Å². The van der Waals surface area contributed by atoms with Crippen molar-refractivity contribution < 1.29 is 38.1 Å². The summed E-state index contributed by atoms with van der Waals surface area (Å²) in [5.74, 6) is -3.96. The molecule has 14 heteroatoms. The second kappa shape index (κ2) is 11.3. The van der Waals surface area contributed by atoms with E-state index in [2.05, 4.69) is 10.3 Å². The molecule has 3 fully saturated rings. The molecule has 45 heavy (non-hydrogen) atoms. The Bertz CT molecular complexity index is 1770. The molecule has 3 aromatic rings. The number of likely N-dealkylation sites (tertiary alicyclic amines) is 1. The number of carbonyl (C=O) groups excluding carboxylic acids is 3. The fourth-order valence-electron chi connectivity index (χ4n) is 7.72. The van der Waals surface area contributed by atoms with Gasteiger partial charge in [-0.1, -0.05) is 17.4 Å². The number of thioether (sulfide) groups is 1. The second-order valence-corrected chi connectivity index (χ2v) is 13.8. The topological polar surface area (TPSA) is 155 Å². The summed E-state index contributed by atoms with van der Waals surface area (Å²) in [6.07, 6.45) is 0.675. The number of thiazole rings is 1. The number of nitrogens with zero attached hydrogens (tertiary/aromatic N) is 1. The number of nitrogens with one attached hydrogen (secondary N) is 2. The molecular weight excluding hydrogens is 625 g/mol. The zero-order chi connectivity index (χ0) is 31.6. The number of aromatic amines is 1.